The molecule has 2 saturated carbocycles. The second-order valence-electron chi connectivity index (χ2n) is 10.3. The highest BCUT2D eigenvalue weighted by molar-refractivity contribution is 8.00. The molecule has 4 nitrogen and oxygen atoms in total. The summed E-state index contributed by atoms with van der Waals surface area (Å²) in [5.41, 5.74) is 2.77. The van der Waals surface area contributed by atoms with Crippen molar-refractivity contribution in [2.24, 2.45) is 17.8 Å². The molecule has 1 aliphatic heterocycles. The molecule has 2 aromatic rings. The van der Waals surface area contributed by atoms with E-state index in [1.165, 1.54) is 41.7 Å². The van der Waals surface area contributed by atoms with Gasteiger partial charge in [0, 0.05) is 16.0 Å². The van der Waals surface area contributed by atoms with Gasteiger partial charge < -0.3 is 4.74 Å². The van der Waals surface area contributed by atoms with Crippen LogP contribution in [-0.2, 0) is 21.5 Å². The Morgan fingerprint density at radius 2 is 1.87 bits per heavy atom. The van der Waals surface area contributed by atoms with E-state index in [1.54, 1.807) is 11.5 Å². The zero-order valence-corrected chi connectivity index (χ0v) is 20.4. The lowest BCUT2D eigenvalue weighted by Gasteiger charge is -2.40. The van der Waals surface area contributed by atoms with E-state index in [0.29, 0.717) is 17.8 Å². The van der Waals surface area contributed by atoms with Crippen LogP contribution in [-0.4, -0.2) is 22.4 Å². The molecule has 31 heavy (non-hydrogen) atoms. The first-order chi connectivity index (χ1) is 14.8. The van der Waals surface area contributed by atoms with E-state index < -0.39 is 0 Å². The van der Waals surface area contributed by atoms with Crippen molar-refractivity contribution < 1.29 is 9.53 Å². The first-order valence-corrected chi connectivity index (χ1v) is 13.1. The third kappa shape index (κ3) is 3.60. The van der Waals surface area contributed by atoms with Crippen molar-refractivity contribution in [2.45, 2.75) is 75.1 Å². The molecule has 0 N–H and O–H groups in total. The van der Waals surface area contributed by atoms with Gasteiger partial charge in [-0.3, -0.25) is 14.2 Å². The molecule has 3 aliphatic rings. The minimum Gasteiger partial charge on any atom is -0.465 e. The highest BCUT2D eigenvalue weighted by atomic mass is 32.2. The van der Waals surface area contributed by atoms with Gasteiger partial charge in [0.1, 0.15) is 6.54 Å². The van der Waals surface area contributed by atoms with Crippen molar-refractivity contribution >= 4 is 29.1 Å². The smallest absolute Gasteiger partial charge is 0.326 e. The Hall–Kier alpha value is -1.53. The quantitative estimate of drug-likeness (QED) is 0.575. The van der Waals surface area contributed by atoms with Gasteiger partial charge in [-0.1, -0.05) is 56.4 Å². The molecule has 5 rings (SSSR count). The van der Waals surface area contributed by atoms with Crippen LogP contribution in [0.2, 0.25) is 0 Å². The van der Waals surface area contributed by atoms with Gasteiger partial charge in [-0.2, -0.15) is 0 Å². The van der Waals surface area contributed by atoms with Crippen LogP contribution in [0.4, 0.5) is 0 Å². The molecule has 0 radical (unpaired) electrons. The van der Waals surface area contributed by atoms with Crippen molar-refractivity contribution in [3.05, 3.63) is 49.9 Å². The second kappa shape index (κ2) is 7.80. The number of ether oxygens (including phenoxy) is 1. The standard InChI is InChI=1S/C25H31NO3S2/c1-5-29-18(27)13-26-23-22(31-24(26)28)19(14-8-10-17(11-9-14)25(2,3)4)20-15-6-7-16(12-15)21(20)30-23/h8-11,15-16,19-21H,5-7,12-13H2,1-4H3. The molecule has 6 heteroatoms. The molecular weight excluding hydrogens is 426 g/mol. The lowest BCUT2D eigenvalue weighted by molar-refractivity contribution is -0.144. The molecular formula is C25H31NO3S2. The highest BCUT2D eigenvalue weighted by Gasteiger charge is 2.55. The van der Waals surface area contributed by atoms with Crippen LogP contribution in [0.1, 0.15) is 68.9 Å². The van der Waals surface area contributed by atoms with Crippen LogP contribution in [0.15, 0.2) is 34.1 Å². The summed E-state index contributed by atoms with van der Waals surface area (Å²) in [7, 11) is 0. The number of esters is 1. The fraction of sp³-hybridized carbons (Fsp3) is 0.600. The van der Waals surface area contributed by atoms with Gasteiger partial charge in [-0.15, -0.1) is 11.8 Å². The van der Waals surface area contributed by atoms with Crippen molar-refractivity contribution in [3.63, 3.8) is 0 Å². The minimum absolute atomic E-state index is 0.0205. The zero-order valence-electron chi connectivity index (χ0n) is 18.7. The van der Waals surface area contributed by atoms with Crippen LogP contribution in [0.3, 0.4) is 0 Å². The number of fused-ring (bicyclic) bond motifs is 6. The van der Waals surface area contributed by atoms with Crippen molar-refractivity contribution in [1.82, 2.24) is 4.57 Å². The molecule has 5 atom stereocenters. The van der Waals surface area contributed by atoms with E-state index in [4.69, 9.17) is 4.74 Å². The summed E-state index contributed by atoms with van der Waals surface area (Å²) < 4.78 is 6.83. The van der Waals surface area contributed by atoms with Crippen molar-refractivity contribution in [3.8, 4) is 0 Å². The Balaban J connectivity index is 1.59. The van der Waals surface area contributed by atoms with Crippen molar-refractivity contribution in [1.29, 1.82) is 0 Å². The average Bonchev–Trinajstić information content (AvgIpc) is 3.41. The normalized spacial score (nSPS) is 29.0. The average molecular weight is 458 g/mol. The summed E-state index contributed by atoms with van der Waals surface area (Å²) >= 11 is 3.21. The maximum absolute atomic E-state index is 13.0. The number of carbonyl (C=O) groups is 1. The Labute approximate surface area is 192 Å². The maximum atomic E-state index is 13.0. The Bertz CT molecular complexity index is 1050. The molecule has 2 aliphatic carbocycles. The van der Waals surface area contributed by atoms with Crippen LogP contribution in [0, 0.1) is 17.8 Å². The largest absolute Gasteiger partial charge is 0.465 e. The van der Waals surface area contributed by atoms with Gasteiger partial charge in [0.2, 0.25) is 0 Å². The van der Waals surface area contributed by atoms with E-state index in [2.05, 4.69) is 45.0 Å². The number of thiazole rings is 1. The SMILES string of the molecule is CCOC(=O)Cn1c2c(sc1=O)C(c1ccc(C(C)(C)C)cc1)C1C3CCC(C3)C1S2. The monoisotopic (exact) mass is 457 g/mol. The number of aromatic nitrogens is 1. The molecule has 2 fully saturated rings. The predicted molar refractivity (Wildman–Crippen MR) is 126 cm³/mol. The molecule has 5 unspecified atom stereocenters. The van der Waals surface area contributed by atoms with Gasteiger partial charge in [-0.05, 0) is 60.5 Å². The minimum atomic E-state index is -0.327. The first-order valence-electron chi connectivity index (χ1n) is 11.4. The fourth-order valence-corrected chi connectivity index (χ4v) is 9.14. The van der Waals surface area contributed by atoms with Crippen molar-refractivity contribution in [2.75, 3.05) is 6.61 Å². The number of benzene rings is 1. The van der Waals surface area contributed by atoms with Gasteiger partial charge in [0.05, 0.1) is 11.6 Å². The van der Waals surface area contributed by atoms with E-state index in [-0.39, 0.29) is 28.7 Å². The van der Waals surface area contributed by atoms with Crippen LogP contribution >= 0.6 is 23.1 Å². The number of hydrogen-bond acceptors (Lipinski definition) is 5. The third-order valence-corrected chi connectivity index (χ3v) is 10.2. The maximum Gasteiger partial charge on any atom is 0.326 e. The van der Waals surface area contributed by atoms with Crippen LogP contribution in [0.5, 0.6) is 0 Å². The number of rotatable bonds is 4. The van der Waals surface area contributed by atoms with Gasteiger partial charge >= 0.3 is 10.8 Å². The lowest BCUT2D eigenvalue weighted by Crippen LogP contribution is -2.34. The zero-order chi connectivity index (χ0) is 21.9. The molecule has 166 valence electrons. The van der Waals surface area contributed by atoms with Gasteiger partial charge in [0.25, 0.3) is 0 Å². The first kappa shape index (κ1) is 21.3. The highest BCUT2D eigenvalue weighted by Crippen LogP contribution is 2.64. The molecule has 0 saturated heterocycles. The second-order valence-corrected chi connectivity index (χ2v) is 12.4. The Morgan fingerprint density at radius 3 is 2.55 bits per heavy atom. The number of nitrogens with zero attached hydrogens (tertiary/aromatic N) is 1. The topological polar surface area (TPSA) is 48.3 Å². The van der Waals surface area contributed by atoms with E-state index >= 15 is 0 Å². The lowest BCUT2D eigenvalue weighted by atomic mass is 9.74. The molecule has 2 bridgehead atoms. The predicted octanol–water partition coefficient (Wildman–Crippen LogP) is 5.42. The Kier molecular flexibility index (Phi) is 5.37. The number of hydrogen-bond donors (Lipinski definition) is 0. The molecule has 0 spiro atoms. The van der Waals surface area contributed by atoms with Crippen LogP contribution < -0.4 is 4.87 Å². The number of thioether (sulfide) groups is 1. The summed E-state index contributed by atoms with van der Waals surface area (Å²) in [5.74, 6) is 2.00. The number of carbonyl (C=O) groups excluding carboxylic acids is 1. The summed E-state index contributed by atoms with van der Waals surface area (Å²) in [6.07, 6.45) is 3.93. The third-order valence-electron chi connectivity index (χ3n) is 7.42. The van der Waals surface area contributed by atoms with E-state index in [1.807, 2.05) is 11.8 Å². The molecule has 1 aromatic carbocycles. The Morgan fingerprint density at radius 1 is 1.16 bits per heavy atom. The fourth-order valence-electron chi connectivity index (χ4n) is 5.99. The molecule has 1 aromatic heterocycles. The molecule has 0 amide bonds. The van der Waals surface area contributed by atoms with Gasteiger partial charge in [0.15, 0.2) is 0 Å². The van der Waals surface area contributed by atoms with Crippen LogP contribution in [0.25, 0.3) is 0 Å². The summed E-state index contributed by atoms with van der Waals surface area (Å²) in [6.45, 7) is 8.88. The van der Waals surface area contributed by atoms with Gasteiger partial charge in [-0.25, -0.2) is 0 Å². The van der Waals surface area contributed by atoms with E-state index in [9.17, 15) is 9.59 Å². The van der Waals surface area contributed by atoms with E-state index in [0.717, 1.165) is 21.7 Å². The summed E-state index contributed by atoms with van der Waals surface area (Å²) in [6, 6.07) is 9.09. The molecule has 2 heterocycles. The summed E-state index contributed by atoms with van der Waals surface area (Å²) in [5, 5.41) is 1.56. The summed E-state index contributed by atoms with van der Waals surface area (Å²) in [4.78, 5) is 26.3.